The van der Waals surface area contributed by atoms with Gasteiger partial charge in [0.15, 0.2) is 0 Å². The van der Waals surface area contributed by atoms with Crippen molar-refractivity contribution < 1.29 is 22.7 Å². The monoisotopic (exact) mass is 404 g/mol. The Kier molecular flexibility index (Phi) is 6.33. The van der Waals surface area contributed by atoms with Crippen LogP contribution in [0.2, 0.25) is 0 Å². The molecule has 0 spiro atoms. The first-order chi connectivity index (χ1) is 13.4. The standard InChI is InChI=1S/C20H24N2O5S/c1-22(2)28(24,25)17-9-5-7-15(13-17)21-20(23)18-10-3-4-11-19(18)27-14-16-8-6-12-26-16/h3-5,7,9-11,13,16H,6,8,12,14H2,1-2H3,(H,21,23)/t16-/m0/s1. The summed E-state index contributed by atoms with van der Waals surface area (Å²) >= 11 is 0. The molecule has 1 aliphatic rings. The van der Waals surface area contributed by atoms with E-state index in [1.807, 2.05) is 0 Å². The first-order valence-corrected chi connectivity index (χ1v) is 10.5. The van der Waals surface area contributed by atoms with Crippen molar-refractivity contribution in [2.45, 2.75) is 23.8 Å². The van der Waals surface area contributed by atoms with Crippen LogP contribution in [0.15, 0.2) is 53.4 Å². The molecular weight excluding hydrogens is 380 g/mol. The summed E-state index contributed by atoms with van der Waals surface area (Å²) < 4.78 is 37.0. The topological polar surface area (TPSA) is 84.9 Å². The van der Waals surface area contributed by atoms with Gasteiger partial charge in [-0.15, -0.1) is 0 Å². The van der Waals surface area contributed by atoms with Gasteiger partial charge in [0, 0.05) is 26.4 Å². The lowest BCUT2D eigenvalue weighted by Gasteiger charge is -2.15. The van der Waals surface area contributed by atoms with Gasteiger partial charge in [0.25, 0.3) is 5.91 Å². The summed E-state index contributed by atoms with van der Waals surface area (Å²) in [6.45, 7) is 1.13. The highest BCUT2D eigenvalue weighted by molar-refractivity contribution is 7.89. The Hall–Kier alpha value is -2.42. The Bertz CT molecular complexity index is 937. The summed E-state index contributed by atoms with van der Waals surface area (Å²) in [5, 5.41) is 2.74. The van der Waals surface area contributed by atoms with E-state index >= 15 is 0 Å². The van der Waals surface area contributed by atoms with Crippen molar-refractivity contribution in [2.75, 3.05) is 32.6 Å². The van der Waals surface area contributed by atoms with E-state index in [9.17, 15) is 13.2 Å². The number of carbonyl (C=O) groups is 1. The Morgan fingerprint density at radius 2 is 2.00 bits per heavy atom. The molecule has 0 bridgehead atoms. The Labute approximate surface area is 165 Å². The summed E-state index contributed by atoms with van der Waals surface area (Å²) in [4.78, 5) is 12.9. The highest BCUT2D eigenvalue weighted by Gasteiger charge is 2.20. The first-order valence-electron chi connectivity index (χ1n) is 9.05. The third kappa shape index (κ3) is 4.70. The number of rotatable bonds is 7. The van der Waals surface area contributed by atoms with Gasteiger partial charge in [0.1, 0.15) is 12.4 Å². The van der Waals surface area contributed by atoms with Gasteiger partial charge >= 0.3 is 0 Å². The molecule has 1 saturated heterocycles. The molecule has 1 N–H and O–H groups in total. The highest BCUT2D eigenvalue weighted by Crippen LogP contribution is 2.23. The van der Waals surface area contributed by atoms with E-state index in [4.69, 9.17) is 9.47 Å². The van der Waals surface area contributed by atoms with Crippen LogP contribution in [0.1, 0.15) is 23.2 Å². The first kappa shape index (κ1) is 20.3. The zero-order valence-corrected chi connectivity index (χ0v) is 16.7. The van der Waals surface area contributed by atoms with Crippen molar-refractivity contribution in [2.24, 2.45) is 0 Å². The van der Waals surface area contributed by atoms with Gasteiger partial charge in [0.2, 0.25) is 10.0 Å². The van der Waals surface area contributed by atoms with Crippen LogP contribution in [0.25, 0.3) is 0 Å². The quantitative estimate of drug-likeness (QED) is 0.767. The van der Waals surface area contributed by atoms with E-state index in [0.29, 0.717) is 23.6 Å². The molecule has 1 aliphatic heterocycles. The number of sulfonamides is 1. The predicted molar refractivity (Wildman–Crippen MR) is 106 cm³/mol. The van der Waals surface area contributed by atoms with E-state index in [1.165, 1.54) is 26.2 Å². The normalized spacial score (nSPS) is 16.9. The number of carbonyl (C=O) groups excluding carboxylic acids is 1. The Morgan fingerprint density at radius 3 is 2.71 bits per heavy atom. The maximum absolute atomic E-state index is 12.7. The molecule has 1 amide bonds. The summed E-state index contributed by atoms with van der Waals surface area (Å²) in [7, 11) is -0.662. The lowest BCUT2D eigenvalue weighted by molar-refractivity contribution is 0.0673. The lowest BCUT2D eigenvalue weighted by atomic mass is 10.1. The molecule has 0 radical (unpaired) electrons. The molecule has 0 aliphatic carbocycles. The number of nitrogens with one attached hydrogen (secondary N) is 1. The molecule has 0 saturated carbocycles. The largest absolute Gasteiger partial charge is 0.490 e. The van der Waals surface area contributed by atoms with Crippen molar-refractivity contribution in [3.05, 3.63) is 54.1 Å². The number of hydrogen-bond donors (Lipinski definition) is 1. The number of hydrogen-bond acceptors (Lipinski definition) is 5. The van der Waals surface area contributed by atoms with E-state index in [-0.39, 0.29) is 16.9 Å². The molecule has 3 rings (SSSR count). The molecule has 1 atom stereocenters. The molecule has 1 fully saturated rings. The molecule has 0 aromatic heterocycles. The van der Waals surface area contributed by atoms with Gasteiger partial charge in [-0.1, -0.05) is 18.2 Å². The van der Waals surface area contributed by atoms with Crippen molar-refractivity contribution >= 4 is 21.6 Å². The minimum Gasteiger partial charge on any atom is -0.490 e. The molecule has 28 heavy (non-hydrogen) atoms. The van der Waals surface area contributed by atoms with Crippen molar-refractivity contribution in [3.63, 3.8) is 0 Å². The summed E-state index contributed by atoms with van der Waals surface area (Å²) in [6.07, 6.45) is 2.01. The average molecular weight is 404 g/mol. The van der Waals surface area contributed by atoms with Crippen molar-refractivity contribution in [3.8, 4) is 5.75 Å². The molecule has 1 heterocycles. The molecule has 0 unspecified atom stereocenters. The molecule has 150 valence electrons. The average Bonchev–Trinajstić information content (AvgIpc) is 3.20. The van der Waals surface area contributed by atoms with Crippen LogP contribution in [-0.2, 0) is 14.8 Å². The lowest BCUT2D eigenvalue weighted by Crippen LogP contribution is -2.22. The van der Waals surface area contributed by atoms with Gasteiger partial charge in [-0.2, -0.15) is 0 Å². The van der Waals surface area contributed by atoms with Crippen LogP contribution in [0.5, 0.6) is 5.75 Å². The van der Waals surface area contributed by atoms with Crippen LogP contribution in [-0.4, -0.2) is 52.0 Å². The Balaban J connectivity index is 1.75. The fraction of sp³-hybridized carbons (Fsp3) is 0.350. The number of para-hydroxylation sites is 1. The van der Waals surface area contributed by atoms with Gasteiger partial charge in [-0.25, -0.2) is 12.7 Å². The number of anilines is 1. The minimum absolute atomic E-state index is 0.0454. The van der Waals surface area contributed by atoms with E-state index in [1.54, 1.807) is 36.4 Å². The smallest absolute Gasteiger partial charge is 0.259 e. The second kappa shape index (κ2) is 8.72. The minimum atomic E-state index is -3.58. The summed E-state index contributed by atoms with van der Waals surface area (Å²) in [6, 6.07) is 13.1. The number of amides is 1. The third-order valence-electron chi connectivity index (χ3n) is 4.45. The number of benzene rings is 2. The molecular formula is C20H24N2O5S. The molecule has 8 heteroatoms. The van der Waals surface area contributed by atoms with Crippen LogP contribution < -0.4 is 10.1 Å². The summed E-state index contributed by atoms with van der Waals surface area (Å²) in [5.41, 5.74) is 0.767. The molecule has 2 aromatic rings. The maximum atomic E-state index is 12.7. The van der Waals surface area contributed by atoms with E-state index < -0.39 is 10.0 Å². The second-order valence-corrected chi connectivity index (χ2v) is 8.86. The molecule has 7 nitrogen and oxygen atoms in total. The number of ether oxygens (including phenoxy) is 2. The molecule has 2 aromatic carbocycles. The summed E-state index contributed by atoms with van der Waals surface area (Å²) in [5.74, 6) is 0.0925. The van der Waals surface area contributed by atoms with Crippen LogP contribution >= 0.6 is 0 Å². The maximum Gasteiger partial charge on any atom is 0.259 e. The van der Waals surface area contributed by atoms with Gasteiger partial charge in [-0.05, 0) is 43.2 Å². The SMILES string of the molecule is CN(C)S(=O)(=O)c1cccc(NC(=O)c2ccccc2OC[C@@H]2CCCO2)c1. The fourth-order valence-corrected chi connectivity index (χ4v) is 3.83. The second-order valence-electron chi connectivity index (χ2n) is 6.71. The van der Waals surface area contributed by atoms with Crippen molar-refractivity contribution in [1.82, 2.24) is 4.31 Å². The predicted octanol–water partition coefficient (Wildman–Crippen LogP) is 2.75. The van der Waals surface area contributed by atoms with E-state index in [2.05, 4.69) is 5.32 Å². The Morgan fingerprint density at radius 1 is 1.21 bits per heavy atom. The van der Waals surface area contributed by atoms with Crippen LogP contribution in [0.4, 0.5) is 5.69 Å². The van der Waals surface area contributed by atoms with Crippen LogP contribution in [0, 0.1) is 0 Å². The van der Waals surface area contributed by atoms with Crippen LogP contribution in [0.3, 0.4) is 0 Å². The van der Waals surface area contributed by atoms with Gasteiger partial charge in [0.05, 0.1) is 16.6 Å². The van der Waals surface area contributed by atoms with Crippen molar-refractivity contribution in [1.29, 1.82) is 0 Å². The highest BCUT2D eigenvalue weighted by atomic mass is 32.2. The number of nitrogens with zero attached hydrogens (tertiary/aromatic N) is 1. The van der Waals surface area contributed by atoms with Gasteiger partial charge < -0.3 is 14.8 Å². The fourth-order valence-electron chi connectivity index (χ4n) is 2.88. The third-order valence-corrected chi connectivity index (χ3v) is 6.26. The zero-order chi connectivity index (χ0) is 20.1. The van der Waals surface area contributed by atoms with Gasteiger partial charge in [-0.3, -0.25) is 4.79 Å². The zero-order valence-electron chi connectivity index (χ0n) is 15.9. The van der Waals surface area contributed by atoms with E-state index in [0.717, 1.165) is 23.8 Å².